The highest BCUT2D eigenvalue weighted by Gasteiger charge is 2.26. The second kappa shape index (κ2) is 5.72. The largest absolute Gasteiger partial charge is 0.368 e. The van der Waals surface area contributed by atoms with E-state index in [1.54, 1.807) is 24.3 Å². The van der Waals surface area contributed by atoms with Crippen molar-refractivity contribution in [3.63, 3.8) is 0 Å². The third kappa shape index (κ3) is 2.84. The Kier molecular flexibility index (Phi) is 3.78. The quantitative estimate of drug-likeness (QED) is 0.610. The molecule has 0 atom stereocenters. The number of nitrogens with zero attached hydrogens (tertiary/aromatic N) is 1. The Morgan fingerprint density at radius 1 is 1.00 bits per heavy atom. The van der Waals surface area contributed by atoms with Gasteiger partial charge in [0, 0.05) is 5.56 Å². The summed E-state index contributed by atoms with van der Waals surface area (Å²) in [6, 6.07) is 14.5. The van der Waals surface area contributed by atoms with Crippen molar-refractivity contribution < 1.29 is 9.63 Å². The minimum Gasteiger partial charge on any atom is -0.312 e. The van der Waals surface area contributed by atoms with Gasteiger partial charge in [-0.2, -0.15) is 0 Å². The number of rotatable bonds is 2. The van der Waals surface area contributed by atoms with E-state index in [2.05, 4.69) is 5.16 Å². The van der Waals surface area contributed by atoms with Crippen molar-refractivity contribution in [3.8, 4) is 0 Å². The molecule has 0 aliphatic carbocycles. The zero-order chi connectivity index (χ0) is 14.8. The lowest BCUT2D eigenvalue weighted by atomic mass is 10.0. The molecule has 2 aromatic rings. The molecular formula is C16H9Cl2NO2. The van der Waals surface area contributed by atoms with Crippen LogP contribution in [0.4, 0.5) is 0 Å². The van der Waals surface area contributed by atoms with Gasteiger partial charge in [-0.3, -0.25) is 0 Å². The normalized spacial score (nSPS) is 16.0. The Hall–Kier alpha value is -2.10. The smallest absolute Gasteiger partial charge is 0.312 e. The molecular weight excluding hydrogens is 309 g/mol. The Labute approximate surface area is 131 Å². The molecule has 3 nitrogen and oxygen atoms in total. The van der Waals surface area contributed by atoms with Gasteiger partial charge >= 0.3 is 5.97 Å². The number of hydrogen-bond acceptors (Lipinski definition) is 3. The van der Waals surface area contributed by atoms with Crippen LogP contribution < -0.4 is 0 Å². The van der Waals surface area contributed by atoms with Crippen molar-refractivity contribution in [2.75, 3.05) is 0 Å². The maximum absolute atomic E-state index is 11.9. The summed E-state index contributed by atoms with van der Waals surface area (Å²) in [5.41, 5.74) is 2.46. The topological polar surface area (TPSA) is 38.7 Å². The molecule has 0 fully saturated rings. The van der Waals surface area contributed by atoms with Crippen LogP contribution in [0.5, 0.6) is 0 Å². The SMILES string of the molecule is O=C1ON=C(c2ccccc2)/C1=C/c1ccc(Cl)c(Cl)c1. The number of carbonyl (C=O) groups excluding carboxylic acids is 1. The summed E-state index contributed by atoms with van der Waals surface area (Å²) < 4.78 is 0. The highest BCUT2D eigenvalue weighted by Crippen LogP contribution is 2.26. The van der Waals surface area contributed by atoms with E-state index in [1.807, 2.05) is 30.3 Å². The van der Waals surface area contributed by atoms with Crippen LogP contribution in [-0.2, 0) is 9.63 Å². The summed E-state index contributed by atoms with van der Waals surface area (Å²) in [4.78, 5) is 16.6. The first-order valence-corrected chi connectivity index (χ1v) is 6.92. The van der Waals surface area contributed by atoms with Gasteiger partial charge in [-0.15, -0.1) is 0 Å². The first-order valence-electron chi connectivity index (χ1n) is 6.17. The highest BCUT2D eigenvalue weighted by molar-refractivity contribution is 6.42. The van der Waals surface area contributed by atoms with Crippen molar-refractivity contribution in [1.82, 2.24) is 0 Å². The molecule has 0 N–H and O–H groups in total. The molecule has 1 aliphatic heterocycles. The van der Waals surface area contributed by atoms with Crippen molar-refractivity contribution in [1.29, 1.82) is 0 Å². The zero-order valence-electron chi connectivity index (χ0n) is 10.7. The van der Waals surface area contributed by atoms with E-state index < -0.39 is 5.97 Å². The van der Waals surface area contributed by atoms with Crippen LogP contribution >= 0.6 is 23.2 Å². The molecule has 5 heteroatoms. The molecule has 0 amide bonds. The van der Waals surface area contributed by atoms with Crippen LogP contribution in [0.15, 0.2) is 59.3 Å². The third-order valence-corrected chi connectivity index (χ3v) is 3.74. The summed E-state index contributed by atoms with van der Waals surface area (Å²) in [5.74, 6) is -0.486. The molecule has 1 heterocycles. The molecule has 0 saturated heterocycles. The molecule has 0 spiro atoms. The van der Waals surface area contributed by atoms with E-state index in [-0.39, 0.29) is 0 Å². The van der Waals surface area contributed by atoms with Crippen molar-refractivity contribution >= 4 is 41.0 Å². The number of halogens is 2. The van der Waals surface area contributed by atoms with E-state index in [0.29, 0.717) is 21.3 Å². The van der Waals surface area contributed by atoms with Crippen molar-refractivity contribution in [3.05, 3.63) is 75.3 Å². The van der Waals surface area contributed by atoms with E-state index in [1.165, 1.54) is 0 Å². The molecule has 0 unspecified atom stereocenters. The van der Waals surface area contributed by atoms with Gasteiger partial charge in [0.2, 0.25) is 0 Å². The maximum Gasteiger partial charge on any atom is 0.368 e. The van der Waals surface area contributed by atoms with Gasteiger partial charge in [0.25, 0.3) is 0 Å². The number of benzene rings is 2. The average molecular weight is 318 g/mol. The first kappa shape index (κ1) is 13.9. The standard InChI is InChI=1S/C16H9Cl2NO2/c17-13-7-6-10(9-14(13)18)8-12-15(19-21-16(12)20)11-4-2-1-3-5-11/h1-9H/b12-8-. The molecule has 0 bridgehead atoms. The second-order valence-electron chi connectivity index (χ2n) is 4.42. The van der Waals surface area contributed by atoms with Gasteiger partial charge in [-0.25, -0.2) is 4.79 Å². The fraction of sp³-hybridized carbons (Fsp3) is 0. The van der Waals surface area contributed by atoms with Crippen LogP contribution in [0.1, 0.15) is 11.1 Å². The fourth-order valence-electron chi connectivity index (χ4n) is 1.98. The lowest BCUT2D eigenvalue weighted by Gasteiger charge is -2.01. The lowest BCUT2D eigenvalue weighted by Crippen LogP contribution is -2.06. The molecule has 0 saturated carbocycles. The Bertz CT molecular complexity index is 767. The predicted octanol–water partition coefficient (Wildman–Crippen LogP) is 4.34. The van der Waals surface area contributed by atoms with Gasteiger partial charge < -0.3 is 4.84 Å². The maximum atomic E-state index is 11.9. The highest BCUT2D eigenvalue weighted by atomic mass is 35.5. The Morgan fingerprint density at radius 2 is 1.76 bits per heavy atom. The first-order chi connectivity index (χ1) is 10.1. The minimum absolute atomic E-state index is 0.389. The van der Waals surface area contributed by atoms with E-state index in [9.17, 15) is 4.79 Å². The molecule has 3 rings (SSSR count). The van der Waals surface area contributed by atoms with Crippen LogP contribution in [0.2, 0.25) is 10.0 Å². The van der Waals surface area contributed by atoms with Crippen LogP contribution in [0.25, 0.3) is 6.08 Å². The number of carbonyl (C=O) groups is 1. The Balaban J connectivity index is 2.02. The van der Waals surface area contributed by atoms with Gasteiger partial charge in [-0.1, -0.05) is 64.8 Å². The lowest BCUT2D eigenvalue weighted by molar-refractivity contribution is -0.136. The van der Waals surface area contributed by atoms with Crippen LogP contribution in [0, 0.1) is 0 Å². The van der Waals surface area contributed by atoms with Gasteiger partial charge in [-0.05, 0) is 23.8 Å². The van der Waals surface area contributed by atoms with Crippen LogP contribution in [0.3, 0.4) is 0 Å². The summed E-state index contributed by atoms with van der Waals surface area (Å²) in [6.45, 7) is 0. The minimum atomic E-state index is -0.486. The summed E-state index contributed by atoms with van der Waals surface area (Å²) in [7, 11) is 0. The second-order valence-corrected chi connectivity index (χ2v) is 5.23. The molecule has 0 radical (unpaired) electrons. The van der Waals surface area contributed by atoms with Crippen LogP contribution in [-0.4, -0.2) is 11.7 Å². The summed E-state index contributed by atoms with van der Waals surface area (Å²) in [6.07, 6.45) is 1.68. The fourth-order valence-corrected chi connectivity index (χ4v) is 2.29. The van der Waals surface area contributed by atoms with E-state index >= 15 is 0 Å². The van der Waals surface area contributed by atoms with Gasteiger partial charge in [0.15, 0.2) is 0 Å². The third-order valence-electron chi connectivity index (χ3n) is 3.00. The molecule has 0 aromatic heterocycles. The monoisotopic (exact) mass is 317 g/mol. The average Bonchev–Trinajstić information content (AvgIpc) is 2.85. The predicted molar refractivity (Wildman–Crippen MR) is 83.5 cm³/mol. The Morgan fingerprint density at radius 3 is 2.48 bits per heavy atom. The molecule has 104 valence electrons. The summed E-state index contributed by atoms with van der Waals surface area (Å²) >= 11 is 11.9. The zero-order valence-corrected chi connectivity index (χ0v) is 12.2. The van der Waals surface area contributed by atoms with Gasteiger partial charge in [0.1, 0.15) is 5.71 Å². The molecule has 2 aromatic carbocycles. The van der Waals surface area contributed by atoms with E-state index in [4.69, 9.17) is 28.0 Å². The summed E-state index contributed by atoms with van der Waals surface area (Å²) in [5, 5.41) is 4.73. The number of oxime groups is 1. The van der Waals surface area contributed by atoms with E-state index in [0.717, 1.165) is 11.1 Å². The number of hydrogen-bond donors (Lipinski definition) is 0. The molecule has 21 heavy (non-hydrogen) atoms. The van der Waals surface area contributed by atoms with Crippen molar-refractivity contribution in [2.24, 2.45) is 5.16 Å². The van der Waals surface area contributed by atoms with Crippen molar-refractivity contribution in [2.45, 2.75) is 0 Å². The van der Waals surface area contributed by atoms with Gasteiger partial charge in [0.05, 0.1) is 15.6 Å². The molecule has 1 aliphatic rings.